The summed E-state index contributed by atoms with van der Waals surface area (Å²) in [7, 11) is 2.99. The van der Waals surface area contributed by atoms with Crippen LogP contribution in [0.25, 0.3) is 10.9 Å². The lowest BCUT2D eigenvalue weighted by molar-refractivity contribution is -0.122. The second-order valence-corrected chi connectivity index (χ2v) is 8.54. The molecule has 2 N–H and O–H groups in total. The molecule has 1 aliphatic carbocycles. The van der Waals surface area contributed by atoms with Crippen molar-refractivity contribution in [1.29, 1.82) is 0 Å². The highest BCUT2D eigenvalue weighted by atomic mass is 16.5. The number of ether oxygens (including phenoxy) is 2. The number of aromatic amines is 1. The molecule has 2 aromatic rings. The minimum Gasteiger partial charge on any atom is -0.493 e. The first-order chi connectivity index (χ1) is 14.8. The third-order valence-electron chi connectivity index (χ3n) is 6.57. The van der Waals surface area contributed by atoms with Crippen LogP contribution in [0, 0.1) is 11.8 Å². The third-order valence-corrected chi connectivity index (χ3v) is 6.57. The first-order valence-electron chi connectivity index (χ1n) is 11.0. The predicted molar refractivity (Wildman–Crippen MR) is 120 cm³/mol. The average Bonchev–Trinajstić information content (AvgIpc) is 2.75. The Morgan fingerprint density at radius 3 is 2.55 bits per heavy atom. The van der Waals surface area contributed by atoms with Crippen LogP contribution in [-0.4, -0.2) is 35.7 Å². The fourth-order valence-corrected chi connectivity index (χ4v) is 4.40. The standard InChI is InChI=1S/C23H33N3O5/c1-14-8-7-9-17(15(14)2)24-21(27)10-5-6-11-26-22(28)16-12-19(30-3)20(31-4)13-18(16)25-23(26)29/h12-15,17H,5-11H2,1-4H3,(H,24,27)(H,25,29)/t14-,15-,17-/m1/s1. The first-order valence-corrected chi connectivity index (χ1v) is 11.0. The summed E-state index contributed by atoms with van der Waals surface area (Å²) < 4.78 is 11.7. The number of unbranched alkanes of at least 4 members (excludes halogenated alkanes) is 1. The topological polar surface area (TPSA) is 102 Å². The van der Waals surface area contributed by atoms with E-state index in [-0.39, 0.29) is 24.1 Å². The van der Waals surface area contributed by atoms with Gasteiger partial charge in [-0.3, -0.25) is 14.2 Å². The van der Waals surface area contributed by atoms with Gasteiger partial charge >= 0.3 is 5.69 Å². The summed E-state index contributed by atoms with van der Waals surface area (Å²) in [6, 6.07) is 3.40. The van der Waals surface area contributed by atoms with Gasteiger partial charge in [0.15, 0.2) is 11.5 Å². The molecule has 1 amide bonds. The lowest BCUT2D eigenvalue weighted by atomic mass is 9.78. The molecule has 0 saturated heterocycles. The fraction of sp³-hybridized carbons (Fsp3) is 0.609. The molecule has 0 unspecified atom stereocenters. The second kappa shape index (κ2) is 10.0. The monoisotopic (exact) mass is 431 g/mol. The number of benzene rings is 1. The van der Waals surface area contributed by atoms with Crippen LogP contribution >= 0.6 is 0 Å². The highest BCUT2D eigenvalue weighted by Crippen LogP contribution is 2.30. The lowest BCUT2D eigenvalue weighted by Gasteiger charge is -2.34. The Labute approximate surface area is 181 Å². The number of carbonyl (C=O) groups is 1. The first kappa shape index (κ1) is 22.9. The molecule has 8 nitrogen and oxygen atoms in total. The summed E-state index contributed by atoms with van der Waals surface area (Å²) in [5.74, 6) is 2.03. The van der Waals surface area contributed by atoms with Crippen molar-refractivity contribution in [3.63, 3.8) is 0 Å². The molecule has 1 aliphatic rings. The summed E-state index contributed by atoms with van der Waals surface area (Å²) in [4.78, 5) is 40.3. The van der Waals surface area contributed by atoms with Gasteiger partial charge in [0.25, 0.3) is 5.56 Å². The second-order valence-electron chi connectivity index (χ2n) is 8.54. The Bertz CT molecular complexity index is 1040. The van der Waals surface area contributed by atoms with E-state index in [9.17, 15) is 14.4 Å². The molecule has 0 aliphatic heterocycles. The Hall–Kier alpha value is -2.77. The fourth-order valence-electron chi connectivity index (χ4n) is 4.40. The molecule has 0 radical (unpaired) electrons. The van der Waals surface area contributed by atoms with Gasteiger partial charge < -0.3 is 19.8 Å². The Kier molecular flexibility index (Phi) is 7.41. The number of hydrogen-bond acceptors (Lipinski definition) is 5. The molecule has 170 valence electrons. The van der Waals surface area contributed by atoms with Gasteiger partial charge in [-0.2, -0.15) is 0 Å². The molecule has 3 atom stereocenters. The summed E-state index contributed by atoms with van der Waals surface area (Å²) in [6.45, 7) is 4.70. The SMILES string of the molecule is COc1cc2[nH]c(=O)n(CCCCC(=O)N[C@@H]3CCC[C@@H](C)[C@H]3C)c(=O)c2cc1OC. The van der Waals surface area contributed by atoms with Gasteiger partial charge in [0.05, 0.1) is 25.1 Å². The van der Waals surface area contributed by atoms with Gasteiger partial charge in [0.1, 0.15) is 0 Å². The van der Waals surface area contributed by atoms with Crippen LogP contribution in [0.4, 0.5) is 0 Å². The van der Waals surface area contributed by atoms with Gasteiger partial charge in [0, 0.05) is 25.1 Å². The number of rotatable bonds is 8. The molecule has 1 fully saturated rings. The maximum absolute atomic E-state index is 12.8. The number of methoxy groups -OCH3 is 2. The van der Waals surface area contributed by atoms with E-state index in [2.05, 4.69) is 24.1 Å². The van der Waals surface area contributed by atoms with Gasteiger partial charge in [-0.05, 0) is 37.2 Å². The maximum atomic E-state index is 12.8. The average molecular weight is 432 g/mol. The Morgan fingerprint density at radius 2 is 1.84 bits per heavy atom. The van der Waals surface area contributed by atoms with Gasteiger partial charge in [-0.1, -0.05) is 26.7 Å². The van der Waals surface area contributed by atoms with Crippen molar-refractivity contribution in [2.45, 2.75) is 65.0 Å². The molecular formula is C23H33N3O5. The molecule has 1 saturated carbocycles. The van der Waals surface area contributed by atoms with E-state index in [1.54, 1.807) is 12.1 Å². The Balaban J connectivity index is 1.61. The minimum absolute atomic E-state index is 0.0440. The smallest absolute Gasteiger partial charge is 0.328 e. The summed E-state index contributed by atoms with van der Waals surface area (Å²) in [5.41, 5.74) is -0.451. The predicted octanol–water partition coefficient (Wildman–Crippen LogP) is 2.82. The molecule has 1 heterocycles. The summed E-state index contributed by atoms with van der Waals surface area (Å²) >= 11 is 0. The zero-order valence-electron chi connectivity index (χ0n) is 18.8. The van der Waals surface area contributed by atoms with E-state index in [1.807, 2.05) is 0 Å². The molecule has 0 spiro atoms. The van der Waals surface area contributed by atoms with Crippen LogP contribution in [0.5, 0.6) is 11.5 Å². The van der Waals surface area contributed by atoms with Crippen molar-refractivity contribution in [3.8, 4) is 11.5 Å². The van der Waals surface area contributed by atoms with Crippen LogP contribution in [0.15, 0.2) is 21.7 Å². The van der Waals surface area contributed by atoms with E-state index >= 15 is 0 Å². The molecular weight excluding hydrogens is 398 g/mol. The van der Waals surface area contributed by atoms with Crippen LogP contribution in [0.1, 0.15) is 52.4 Å². The molecule has 1 aromatic heterocycles. The van der Waals surface area contributed by atoms with Crippen molar-refractivity contribution < 1.29 is 14.3 Å². The number of aromatic nitrogens is 2. The van der Waals surface area contributed by atoms with Gasteiger partial charge in [0.2, 0.25) is 5.91 Å². The molecule has 1 aromatic carbocycles. The highest BCUT2D eigenvalue weighted by Gasteiger charge is 2.27. The van der Waals surface area contributed by atoms with Gasteiger partial charge in [-0.25, -0.2) is 4.79 Å². The number of nitrogens with zero attached hydrogens (tertiary/aromatic N) is 1. The van der Waals surface area contributed by atoms with Crippen molar-refractivity contribution in [3.05, 3.63) is 33.0 Å². The van der Waals surface area contributed by atoms with E-state index in [1.165, 1.54) is 25.2 Å². The van der Waals surface area contributed by atoms with Crippen molar-refractivity contribution in [2.75, 3.05) is 14.2 Å². The van der Waals surface area contributed by atoms with Crippen molar-refractivity contribution in [2.24, 2.45) is 11.8 Å². The molecule has 3 rings (SSSR count). The van der Waals surface area contributed by atoms with Crippen molar-refractivity contribution in [1.82, 2.24) is 14.9 Å². The third kappa shape index (κ3) is 5.11. The zero-order valence-corrected chi connectivity index (χ0v) is 18.8. The van der Waals surface area contributed by atoms with Crippen molar-refractivity contribution >= 4 is 16.8 Å². The number of nitrogens with one attached hydrogen (secondary N) is 2. The van der Waals surface area contributed by atoms with E-state index in [4.69, 9.17) is 9.47 Å². The number of H-pyrrole nitrogens is 1. The molecule has 31 heavy (non-hydrogen) atoms. The lowest BCUT2D eigenvalue weighted by Crippen LogP contribution is -2.43. The number of amides is 1. The van der Waals surface area contributed by atoms with Crippen LogP contribution in [-0.2, 0) is 11.3 Å². The summed E-state index contributed by atoms with van der Waals surface area (Å²) in [5, 5.41) is 3.52. The molecule has 8 heteroatoms. The quantitative estimate of drug-likeness (QED) is 0.626. The largest absolute Gasteiger partial charge is 0.493 e. The number of hydrogen-bond donors (Lipinski definition) is 2. The highest BCUT2D eigenvalue weighted by molar-refractivity contribution is 5.81. The van der Waals surface area contributed by atoms with E-state index in [0.717, 1.165) is 12.8 Å². The van der Waals surface area contributed by atoms with Gasteiger partial charge in [-0.15, -0.1) is 0 Å². The van der Waals surface area contributed by atoms with Crippen LogP contribution < -0.4 is 26.0 Å². The zero-order chi connectivity index (χ0) is 22.5. The number of fused-ring (bicyclic) bond motifs is 1. The molecule has 0 bridgehead atoms. The van der Waals surface area contributed by atoms with Crippen LogP contribution in [0.3, 0.4) is 0 Å². The summed E-state index contributed by atoms with van der Waals surface area (Å²) in [6.07, 6.45) is 4.97. The Morgan fingerprint density at radius 1 is 1.13 bits per heavy atom. The number of carbonyl (C=O) groups excluding carboxylic acids is 1. The normalized spacial score (nSPS) is 21.1. The minimum atomic E-state index is -0.473. The van der Waals surface area contributed by atoms with Crippen LogP contribution in [0.2, 0.25) is 0 Å². The van der Waals surface area contributed by atoms with E-state index in [0.29, 0.717) is 53.5 Å². The maximum Gasteiger partial charge on any atom is 0.328 e. The van der Waals surface area contributed by atoms with E-state index < -0.39 is 5.69 Å².